The third-order valence-electron chi connectivity index (χ3n) is 6.79. The summed E-state index contributed by atoms with van der Waals surface area (Å²) >= 11 is 0.717. The Morgan fingerprint density at radius 1 is 0.500 bits per heavy atom. The van der Waals surface area contributed by atoms with Crippen LogP contribution in [0.3, 0.4) is 0 Å². The van der Waals surface area contributed by atoms with E-state index in [-0.39, 0.29) is 53.8 Å². The second-order valence-corrected chi connectivity index (χ2v) is 10.0. The zero-order valence-corrected chi connectivity index (χ0v) is 21.1. The Morgan fingerprint density at radius 2 is 1.10 bits per heavy atom. The van der Waals surface area contributed by atoms with Crippen molar-refractivity contribution in [2.75, 3.05) is 0 Å². The van der Waals surface area contributed by atoms with E-state index in [0.717, 1.165) is 9.13 Å². The molecule has 0 amide bonds. The van der Waals surface area contributed by atoms with Crippen molar-refractivity contribution in [1.29, 1.82) is 0 Å². The molecule has 9 rings (SSSR count). The average molecular weight is 550 g/mol. The fourth-order valence-corrected chi connectivity index (χ4v) is 6.20. The summed E-state index contributed by atoms with van der Waals surface area (Å²) in [5, 5.41) is -1.64. The van der Waals surface area contributed by atoms with Gasteiger partial charge in [-0.05, 0) is 61.3 Å². The van der Waals surface area contributed by atoms with Gasteiger partial charge in [-0.15, -0.1) is 11.3 Å². The summed E-state index contributed by atoms with van der Waals surface area (Å²) in [6, 6.07) is -14.0. The summed E-state index contributed by atoms with van der Waals surface area (Å²) in [4.78, 5) is 0. The molecule has 0 saturated heterocycles. The Bertz CT molecular complexity index is 3540. The Hall–Kier alpha value is -4.86. The minimum Gasteiger partial charge on any atom is -0.309 e. The minimum absolute atomic E-state index is 0.00367. The highest BCUT2D eigenvalue weighted by atomic mass is 32.1. The molecule has 3 heteroatoms. The maximum atomic E-state index is 9.84. The van der Waals surface area contributed by atoms with Crippen LogP contribution in [0.25, 0.3) is 75.2 Å². The van der Waals surface area contributed by atoms with Gasteiger partial charge < -0.3 is 9.13 Å². The van der Waals surface area contributed by atoms with Crippen molar-refractivity contribution in [3.63, 3.8) is 0 Å². The fourth-order valence-electron chi connectivity index (χ4n) is 5.15. The van der Waals surface area contributed by atoms with E-state index in [1.54, 1.807) is 0 Å². The van der Waals surface area contributed by atoms with Crippen LogP contribution in [0.1, 0.15) is 34.3 Å². The van der Waals surface area contributed by atoms with Crippen molar-refractivity contribution >= 4 is 75.1 Å². The number of aromatic nitrogens is 2. The van der Waals surface area contributed by atoms with Gasteiger partial charge in [-0.1, -0.05) is 78.1 Å². The van der Waals surface area contributed by atoms with Gasteiger partial charge >= 0.3 is 0 Å². The zero-order chi connectivity index (χ0) is 44.6. The molecular formula is C37H24N2S. The van der Waals surface area contributed by atoms with E-state index >= 15 is 0 Å². The second-order valence-electron chi connectivity index (χ2n) is 9.02. The van der Waals surface area contributed by atoms with Gasteiger partial charge in [-0.25, -0.2) is 0 Å². The maximum absolute atomic E-state index is 9.84. The first-order valence-corrected chi connectivity index (χ1v) is 12.8. The lowest BCUT2D eigenvalue weighted by atomic mass is 10.1. The van der Waals surface area contributed by atoms with Crippen molar-refractivity contribution in [2.45, 2.75) is 6.92 Å². The van der Waals surface area contributed by atoms with Gasteiger partial charge in [0.25, 0.3) is 0 Å². The molecule has 0 saturated carbocycles. The monoisotopic (exact) mass is 549 g/mol. The molecule has 9 aromatic rings. The van der Waals surface area contributed by atoms with Gasteiger partial charge in [0.05, 0.1) is 61.2 Å². The van der Waals surface area contributed by atoms with Crippen molar-refractivity contribution in [3.05, 3.63) is 132 Å². The van der Waals surface area contributed by atoms with Gasteiger partial charge in [-0.2, -0.15) is 0 Å². The molecule has 3 aromatic heterocycles. The number of rotatable bonds is 2. The summed E-state index contributed by atoms with van der Waals surface area (Å²) in [7, 11) is 0. The first-order valence-electron chi connectivity index (χ1n) is 22.5. The smallest absolute Gasteiger partial charge is 0.0652 e. The summed E-state index contributed by atoms with van der Waals surface area (Å²) in [5.74, 6) is 0. The maximum Gasteiger partial charge on any atom is 0.0652 e. The van der Waals surface area contributed by atoms with Crippen LogP contribution in [0.5, 0.6) is 0 Å². The van der Waals surface area contributed by atoms with Crippen molar-refractivity contribution in [3.8, 4) is 11.4 Å². The van der Waals surface area contributed by atoms with Crippen molar-refractivity contribution < 1.29 is 28.8 Å². The van der Waals surface area contributed by atoms with Crippen LogP contribution < -0.4 is 0 Å². The Balaban J connectivity index is 1.60. The van der Waals surface area contributed by atoms with Crippen LogP contribution in [0.15, 0.2) is 127 Å². The van der Waals surface area contributed by atoms with Gasteiger partial charge in [-0.3, -0.25) is 0 Å². The molecule has 3 heterocycles. The highest BCUT2D eigenvalue weighted by molar-refractivity contribution is 7.26. The van der Waals surface area contributed by atoms with E-state index < -0.39 is 154 Å². The molecule has 0 N–H and O–H groups in total. The third-order valence-corrected chi connectivity index (χ3v) is 7.90. The zero-order valence-electron chi connectivity index (χ0n) is 41.3. The average Bonchev–Trinajstić information content (AvgIpc) is 3.92. The minimum atomic E-state index is -0.844. The molecule has 0 aliphatic rings. The van der Waals surface area contributed by atoms with E-state index in [9.17, 15) is 5.48 Å². The highest BCUT2D eigenvalue weighted by Gasteiger charge is 2.18. The molecular weight excluding hydrogens is 504 g/mol. The largest absolute Gasteiger partial charge is 0.309 e. The number of hydrogen-bond acceptors (Lipinski definition) is 1. The molecule has 40 heavy (non-hydrogen) atoms. The molecule has 2 nitrogen and oxygen atoms in total. The standard InChI is InChI=1S/C37H24N2S/c1-23-17-19-33-29(21-23)25-9-2-5-13-31(25)38(33)24-18-20-34-30(22-24)26-10-3-6-14-32(26)39(34)35-15-8-12-28-27-11-4-7-16-36(27)40-37(28)35/h2-22H,1H3/i2D,3D,4D,5D,6D,7D,8D,9D,10D,11D,12D,13D,14D,15D,16D,17D,18D,19D,20D,21D,22D. The molecule has 0 bridgehead atoms. The summed E-state index contributed by atoms with van der Waals surface area (Å²) < 4.78 is 189. The molecule has 0 radical (unpaired) electrons. The van der Waals surface area contributed by atoms with Crippen LogP contribution in [0.2, 0.25) is 0 Å². The van der Waals surface area contributed by atoms with Gasteiger partial charge in [0.2, 0.25) is 0 Å². The molecule has 0 unspecified atom stereocenters. The lowest BCUT2D eigenvalue weighted by molar-refractivity contribution is 1.17. The number of thiophene rings is 1. The molecule has 188 valence electrons. The van der Waals surface area contributed by atoms with Crippen LogP contribution in [-0.2, 0) is 0 Å². The molecule has 0 spiro atoms. The topological polar surface area (TPSA) is 9.86 Å². The fraction of sp³-hybridized carbons (Fsp3) is 0.0270. The third kappa shape index (κ3) is 2.93. The molecule has 0 aliphatic carbocycles. The van der Waals surface area contributed by atoms with Crippen molar-refractivity contribution in [1.82, 2.24) is 9.13 Å². The summed E-state index contributed by atoms with van der Waals surface area (Å²) in [6.45, 7) is 1.38. The number of para-hydroxylation sites is 2. The van der Waals surface area contributed by atoms with E-state index in [0.29, 0.717) is 11.3 Å². The van der Waals surface area contributed by atoms with Crippen LogP contribution in [0.4, 0.5) is 0 Å². The van der Waals surface area contributed by atoms with Crippen LogP contribution in [0, 0.1) is 6.92 Å². The Kier molecular flexibility index (Phi) is 2.01. The number of nitrogens with zero attached hydrogens (tertiary/aromatic N) is 2. The van der Waals surface area contributed by atoms with E-state index in [4.69, 9.17) is 23.3 Å². The summed E-state index contributed by atoms with van der Waals surface area (Å²) in [5.41, 5.74) is -2.65. The predicted molar refractivity (Wildman–Crippen MR) is 173 cm³/mol. The quantitative estimate of drug-likeness (QED) is 0.203. The summed E-state index contributed by atoms with van der Waals surface area (Å²) in [6.07, 6.45) is 0. The van der Waals surface area contributed by atoms with E-state index in [2.05, 4.69) is 0 Å². The van der Waals surface area contributed by atoms with Crippen LogP contribution >= 0.6 is 11.3 Å². The molecule has 0 aliphatic heterocycles. The number of hydrogen-bond donors (Lipinski definition) is 0. The van der Waals surface area contributed by atoms with Gasteiger partial charge in [0, 0.05) is 42.7 Å². The van der Waals surface area contributed by atoms with E-state index in [1.807, 2.05) is 0 Å². The predicted octanol–water partition coefficient (Wildman–Crippen LogP) is 10.6. The highest BCUT2D eigenvalue weighted by Crippen LogP contribution is 2.41. The first kappa shape index (κ1) is 9.96. The lowest BCUT2D eigenvalue weighted by Crippen LogP contribution is -1.96. The van der Waals surface area contributed by atoms with Gasteiger partial charge in [0.15, 0.2) is 0 Å². The number of fused-ring (bicyclic) bond motifs is 9. The SMILES string of the molecule is [2H]c1c([2H])c([2H])c2c(sc3c(-n4c5c([2H])c([2H])c([2H])c([2H])c5c5c([2H])c(-n6c7c([2H])c([2H])c([2H])c([2H])c7c7c([2H])c(C)c([2H])c([2H])c76)c([2H])c([2H])c54)c([2H])c([2H])c([2H])c32)c1[2H]. The van der Waals surface area contributed by atoms with Crippen molar-refractivity contribution in [2.24, 2.45) is 0 Å². The molecule has 6 aromatic carbocycles. The van der Waals surface area contributed by atoms with Crippen LogP contribution in [-0.4, -0.2) is 9.13 Å². The first-order chi connectivity index (χ1) is 28.5. The Morgan fingerprint density at radius 3 is 1.93 bits per heavy atom. The normalized spacial score (nSPS) is 19.5. The van der Waals surface area contributed by atoms with E-state index in [1.165, 1.54) is 6.92 Å². The second kappa shape index (κ2) is 8.08. The molecule has 0 fully saturated rings. The van der Waals surface area contributed by atoms with Gasteiger partial charge in [0.1, 0.15) is 0 Å². The lowest BCUT2D eigenvalue weighted by Gasteiger charge is -2.11. The Labute approximate surface area is 264 Å². The number of benzene rings is 6. The molecule has 0 atom stereocenters.